The van der Waals surface area contributed by atoms with Gasteiger partial charge in [0.2, 0.25) is 0 Å². The van der Waals surface area contributed by atoms with E-state index in [0.29, 0.717) is 12.5 Å². The van der Waals surface area contributed by atoms with Crippen LogP contribution in [0, 0.1) is 5.92 Å². The highest BCUT2D eigenvalue weighted by Crippen LogP contribution is 2.09. The van der Waals surface area contributed by atoms with Gasteiger partial charge in [-0.3, -0.25) is 9.69 Å². The first kappa shape index (κ1) is 12.5. The van der Waals surface area contributed by atoms with E-state index in [2.05, 4.69) is 24.1 Å². The van der Waals surface area contributed by atoms with Crippen molar-refractivity contribution >= 4 is 5.97 Å². The van der Waals surface area contributed by atoms with Crippen molar-refractivity contribution in [3.8, 4) is 0 Å². The van der Waals surface area contributed by atoms with Crippen LogP contribution >= 0.6 is 0 Å². The predicted octanol–water partition coefficient (Wildman–Crippen LogP) is 0.781. The lowest BCUT2D eigenvalue weighted by atomic mass is 10.1. The van der Waals surface area contributed by atoms with Crippen LogP contribution in [0.1, 0.15) is 26.7 Å². The summed E-state index contributed by atoms with van der Waals surface area (Å²) in [7, 11) is 0. The first-order chi connectivity index (χ1) is 7.11. The molecule has 1 aliphatic heterocycles. The van der Waals surface area contributed by atoms with Crippen LogP contribution in [0.25, 0.3) is 0 Å². The lowest BCUT2D eigenvalue weighted by Crippen LogP contribution is -2.55. The van der Waals surface area contributed by atoms with Gasteiger partial charge in [-0.05, 0) is 25.3 Å². The Labute approximate surface area is 91.6 Å². The first-order valence-electron chi connectivity index (χ1n) is 5.79. The number of hydrogen-bond donors (Lipinski definition) is 2. The van der Waals surface area contributed by atoms with Gasteiger partial charge in [-0.1, -0.05) is 13.8 Å². The molecule has 1 atom stereocenters. The van der Waals surface area contributed by atoms with Crippen LogP contribution in [0.5, 0.6) is 0 Å². The molecule has 0 aromatic rings. The second-order valence-corrected chi connectivity index (χ2v) is 4.63. The zero-order valence-corrected chi connectivity index (χ0v) is 9.70. The average molecular weight is 214 g/mol. The van der Waals surface area contributed by atoms with Gasteiger partial charge in [0.15, 0.2) is 0 Å². The molecule has 1 aliphatic rings. The van der Waals surface area contributed by atoms with Gasteiger partial charge in [0.05, 0.1) is 0 Å². The summed E-state index contributed by atoms with van der Waals surface area (Å²) in [6, 6.07) is -0.328. The maximum Gasteiger partial charge on any atom is 0.322 e. The Morgan fingerprint density at radius 3 is 2.93 bits per heavy atom. The molecule has 0 aromatic heterocycles. The molecule has 1 rings (SSSR count). The van der Waals surface area contributed by atoms with E-state index in [1.165, 1.54) is 6.42 Å². The lowest BCUT2D eigenvalue weighted by molar-refractivity contribution is -0.143. The summed E-state index contributed by atoms with van der Waals surface area (Å²) in [6.45, 7) is 7.66. The fraction of sp³-hybridized carbons (Fsp3) is 0.909. The van der Waals surface area contributed by atoms with E-state index in [0.717, 1.165) is 26.1 Å². The van der Waals surface area contributed by atoms with Crippen molar-refractivity contribution < 1.29 is 9.90 Å². The van der Waals surface area contributed by atoms with Gasteiger partial charge in [-0.25, -0.2) is 0 Å². The average Bonchev–Trinajstić information content (AvgIpc) is 2.17. The molecule has 1 saturated heterocycles. The summed E-state index contributed by atoms with van der Waals surface area (Å²) in [4.78, 5) is 13.1. The van der Waals surface area contributed by atoms with E-state index >= 15 is 0 Å². The predicted molar refractivity (Wildman–Crippen MR) is 59.9 cm³/mol. The number of carboxylic acids is 1. The highest BCUT2D eigenvalue weighted by atomic mass is 16.4. The van der Waals surface area contributed by atoms with Crippen LogP contribution in [0.2, 0.25) is 0 Å². The summed E-state index contributed by atoms with van der Waals surface area (Å²) in [5.41, 5.74) is 0. The van der Waals surface area contributed by atoms with Crippen LogP contribution < -0.4 is 5.32 Å². The van der Waals surface area contributed by atoms with Crippen molar-refractivity contribution in [3.63, 3.8) is 0 Å². The molecule has 1 fully saturated rings. The molecule has 0 spiro atoms. The number of hydrogen-bond acceptors (Lipinski definition) is 3. The van der Waals surface area contributed by atoms with E-state index in [1.807, 2.05) is 0 Å². The maximum atomic E-state index is 11.0. The minimum absolute atomic E-state index is 0.328. The van der Waals surface area contributed by atoms with Gasteiger partial charge in [-0.15, -0.1) is 0 Å². The number of aliphatic carboxylic acids is 1. The Morgan fingerprint density at radius 2 is 2.33 bits per heavy atom. The highest BCUT2D eigenvalue weighted by molar-refractivity contribution is 5.73. The number of nitrogens with zero attached hydrogens (tertiary/aromatic N) is 1. The third-order valence-electron chi connectivity index (χ3n) is 2.87. The van der Waals surface area contributed by atoms with Gasteiger partial charge in [-0.2, -0.15) is 0 Å². The fourth-order valence-corrected chi connectivity index (χ4v) is 1.96. The largest absolute Gasteiger partial charge is 0.480 e. The van der Waals surface area contributed by atoms with Crippen molar-refractivity contribution in [2.75, 3.05) is 26.2 Å². The molecule has 0 saturated carbocycles. The molecule has 4 nitrogen and oxygen atoms in total. The zero-order valence-electron chi connectivity index (χ0n) is 9.70. The number of nitrogens with one attached hydrogen (secondary N) is 1. The summed E-state index contributed by atoms with van der Waals surface area (Å²) < 4.78 is 0. The van der Waals surface area contributed by atoms with Crippen LogP contribution in [0.3, 0.4) is 0 Å². The Kier molecular flexibility index (Phi) is 5.05. The number of carbonyl (C=O) groups is 1. The molecule has 0 aromatic carbocycles. The normalized spacial score (nSPS) is 23.3. The summed E-state index contributed by atoms with van der Waals surface area (Å²) in [5, 5.41) is 12.2. The standard InChI is InChI=1S/C11H22N2O2/c1-9(2)4-3-6-13-7-5-12-8-10(13)11(14)15/h9-10,12H,3-8H2,1-2H3,(H,14,15). The van der Waals surface area contributed by atoms with Crippen molar-refractivity contribution in [2.45, 2.75) is 32.7 Å². The van der Waals surface area contributed by atoms with Crippen molar-refractivity contribution in [3.05, 3.63) is 0 Å². The van der Waals surface area contributed by atoms with Gasteiger partial charge in [0, 0.05) is 19.6 Å². The van der Waals surface area contributed by atoms with E-state index in [4.69, 9.17) is 5.11 Å². The Balaban J connectivity index is 2.33. The second kappa shape index (κ2) is 6.08. The molecular formula is C11H22N2O2. The molecule has 15 heavy (non-hydrogen) atoms. The Morgan fingerprint density at radius 1 is 1.60 bits per heavy atom. The fourth-order valence-electron chi connectivity index (χ4n) is 1.96. The van der Waals surface area contributed by atoms with Gasteiger partial charge in [0.1, 0.15) is 6.04 Å². The van der Waals surface area contributed by atoms with Crippen molar-refractivity contribution in [1.29, 1.82) is 0 Å². The quantitative estimate of drug-likeness (QED) is 0.710. The van der Waals surface area contributed by atoms with E-state index in [1.54, 1.807) is 0 Å². The monoisotopic (exact) mass is 214 g/mol. The molecule has 0 radical (unpaired) electrons. The van der Waals surface area contributed by atoms with Crippen LogP contribution in [-0.4, -0.2) is 48.2 Å². The zero-order chi connectivity index (χ0) is 11.3. The van der Waals surface area contributed by atoms with E-state index < -0.39 is 5.97 Å². The van der Waals surface area contributed by atoms with Crippen molar-refractivity contribution in [1.82, 2.24) is 10.2 Å². The third kappa shape index (κ3) is 4.18. The number of rotatable bonds is 5. The molecule has 1 unspecified atom stereocenters. The number of carboxylic acid groups (broad SMARTS) is 1. The minimum atomic E-state index is -0.702. The molecule has 1 heterocycles. The smallest absolute Gasteiger partial charge is 0.322 e. The highest BCUT2D eigenvalue weighted by Gasteiger charge is 2.27. The SMILES string of the molecule is CC(C)CCCN1CCNCC1C(=O)O. The molecular weight excluding hydrogens is 192 g/mol. The van der Waals surface area contributed by atoms with Crippen LogP contribution in [0.15, 0.2) is 0 Å². The van der Waals surface area contributed by atoms with E-state index in [-0.39, 0.29) is 6.04 Å². The Hall–Kier alpha value is -0.610. The summed E-state index contributed by atoms with van der Waals surface area (Å²) >= 11 is 0. The second-order valence-electron chi connectivity index (χ2n) is 4.63. The maximum absolute atomic E-state index is 11.0. The van der Waals surface area contributed by atoms with Crippen molar-refractivity contribution in [2.24, 2.45) is 5.92 Å². The first-order valence-corrected chi connectivity index (χ1v) is 5.79. The summed E-state index contributed by atoms with van der Waals surface area (Å²) in [6.07, 6.45) is 2.28. The summed E-state index contributed by atoms with van der Waals surface area (Å²) in [5.74, 6) is 0.00272. The van der Waals surface area contributed by atoms with Gasteiger partial charge >= 0.3 is 5.97 Å². The van der Waals surface area contributed by atoms with Crippen LogP contribution in [0.4, 0.5) is 0 Å². The molecule has 4 heteroatoms. The van der Waals surface area contributed by atoms with Gasteiger partial charge < -0.3 is 10.4 Å². The topological polar surface area (TPSA) is 52.6 Å². The third-order valence-corrected chi connectivity index (χ3v) is 2.87. The minimum Gasteiger partial charge on any atom is -0.480 e. The van der Waals surface area contributed by atoms with E-state index in [9.17, 15) is 4.79 Å². The Bertz CT molecular complexity index is 207. The molecule has 88 valence electrons. The van der Waals surface area contributed by atoms with Crippen LogP contribution in [-0.2, 0) is 4.79 Å². The molecule has 0 bridgehead atoms. The molecule has 0 aliphatic carbocycles. The number of piperazine rings is 1. The molecule has 2 N–H and O–H groups in total. The lowest BCUT2D eigenvalue weighted by Gasteiger charge is -2.33. The molecule has 0 amide bonds. The van der Waals surface area contributed by atoms with Gasteiger partial charge in [0.25, 0.3) is 0 Å².